The number of nitrogens with zero attached hydrogens (tertiary/aromatic N) is 1. The van der Waals surface area contributed by atoms with Crippen molar-refractivity contribution in [2.45, 2.75) is 60.8 Å². The van der Waals surface area contributed by atoms with Crippen LogP contribution >= 0.6 is 23.5 Å². The molecule has 24 heteroatoms. The Labute approximate surface area is 418 Å². The fraction of sp³-hybridized carbons (Fsp3) is 0.250. The Bertz CT molecular complexity index is 2860. The van der Waals surface area contributed by atoms with E-state index in [1.54, 1.807) is 13.8 Å². The van der Waals surface area contributed by atoms with Gasteiger partial charge in [0, 0.05) is 11.5 Å². The van der Waals surface area contributed by atoms with Gasteiger partial charge >= 0.3 is 11.9 Å². The fourth-order valence-electron chi connectivity index (χ4n) is 7.97. The summed E-state index contributed by atoms with van der Waals surface area (Å²) in [6.45, 7) is 3.12. The van der Waals surface area contributed by atoms with Crippen LogP contribution in [0.15, 0.2) is 120 Å². The van der Waals surface area contributed by atoms with Crippen LogP contribution in [0.2, 0.25) is 0 Å². The maximum absolute atomic E-state index is 14.9. The number of nitrogens with one attached hydrogen (secondary N) is 6. The molecule has 6 amide bonds. The van der Waals surface area contributed by atoms with Crippen LogP contribution < -0.4 is 37.6 Å². The van der Waals surface area contributed by atoms with Gasteiger partial charge in [-0.3, -0.25) is 33.7 Å². The zero-order chi connectivity index (χ0) is 52.1. The lowest BCUT2D eigenvalue weighted by atomic mass is 10.00. The number of carboxylic acid groups (broad SMARTS) is 2. The Kier molecular flexibility index (Phi) is 15.6. The summed E-state index contributed by atoms with van der Waals surface area (Å²) in [6.07, 6.45) is 0. The summed E-state index contributed by atoms with van der Waals surface area (Å²) >= 11 is 2.24. The van der Waals surface area contributed by atoms with Crippen LogP contribution in [0.4, 0.5) is 0 Å². The Morgan fingerprint density at radius 2 is 0.986 bits per heavy atom. The van der Waals surface area contributed by atoms with E-state index in [1.807, 2.05) is 0 Å². The van der Waals surface area contributed by atoms with Crippen LogP contribution in [0.5, 0.6) is 23.0 Å². The number of carbonyl (C=O) groups is 8. The third-order valence-corrected chi connectivity index (χ3v) is 14.6. The number of amides is 6. The molecule has 2 unspecified atom stereocenters. The van der Waals surface area contributed by atoms with Crippen LogP contribution in [-0.4, -0.2) is 117 Å². The standard InChI is InChI=1S/C48H48N8O14S2/c1-21-19-71-44(55-32(21)47(67)68)36(53-41(63)33(24-5-13-28(58)14-6-24)50-39(61)31(49)23-3-11-27(57)12-4-23)43(65)52-34(25-7-15-29(59)16-8-25)40(62)51-35(26-9-17-30(60)18-10-26)42(64)54-37-45(66)56-38(48(69)70)22(2)20-72-46(37)56/h3-18,31,33-37,44,46,55,57-60H,19-20,49H2,1-2H3,(H,50,61)(H,51,62)(H,52,65)(H,53,63)(H,54,64)(H,67,68)(H,69,70)/t31-,33-,34-,35-,36?,37-,44?,46-/m1/s1. The lowest BCUT2D eigenvalue weighted by molar-refractivity contribution is -0.151. The predicted octanol–water partition coefficient (Wildman–Crippen LogP) is 1.35. The number of nitrogens with two attached hydrogens (primary N) is 1. The second-order valence-corrected chi connectivity index (χ2v) is 19.1. The highest BCUT2D eigenvalue weighted by atomic mass is 32.2. The summed E-state index contributed by atoms with van der Waals surface area (Å²) < 4.78 is 0. The average molecular weight is 1030 g/mol. The molecule has 0 aromatic heterocycles. The molecule has 72 heavy (non-hydrogen) atoms. The third-order valence-electron chi connectivity index (χ3n) is 11.8. The van der Waals surface area contributed by atoms with Gasteiger partial charge in [0.1, 0.15) is 81.4 Å². The maximum atomic E-state index is 14.9. The van der Waals surface area contributed by atoms with Gasteiger partial charge in [-0.15, -0.1) is 23.5 Å². The van der Waals surface area contributed by atoms with Crippen LogP contribution in [-0.2, 0) is 38.4 Å². The van der Waals surface area contributed by atoms with Crippen molar-refractivity contribution in [3.05, 3.63) is 142 Å². The van der Waals surface area contributed by atoms with Crippen molar-refractivity contribution in [3.8, 4) is 23.0 Å². The molecule has 0 bridgehead atoms. The molecule has 3 heterocycles. The smallest absolute Gasteiger partial charge is 0.352 e. The molecule has 3 aliphatic rings. The maximum Gasteiger partial charge on any atom is 0.352 e. The van der Waals surface area contributed by atoms with Gasteiger partial charge in [-0.2, -0.15) is 0 Å². The molecule has 0 aliphatic carbocycles. The number of hydrogen-bond donors (Lipinski definition) is 13. The molecule has 4 aromatic rings. The quantitative estimate of drug-likeness (QED) is 0.0664. The molecule has 3 aliphatic heterocycles. The molecular formula is C48H48N8O14S2. The van der Waals surface area contributed by atoms with E-state index in [1.165, 1.54) is 109 Å². The van der Waals surface area contributed by atoms with Crippen LogP contribution in [0.3, 0.4) is 0 Å². The molecule has 14 N–H and O–H groups in total. The SMILES string of the molecule is CC1=C(C(=O)O)NC(C(NC(=O)[C@H](NC(=O)[C@H](N)c2ccc(O)cc2)c2ccc(O)cc2)C(=O)N[C@@H](C(=O)N[C@@H](C(=O)N[C@@H]2C(=O)N3C(C(=O)O)=C(C)CS[C@H]23)c2ccc(O)cc2)c2ccc(O)cc2)SC1. The third kappa shape index (κ3) is 11.4. The molecule has 0 saturated carbocycles. The first-order valence-corrected chi connectivity index (χ1v) is 23.9. The van der Waals surface area contributed by atoms with Crippen molar-refractivity contribution >= 4 is 70.9 Å². The molecule has 1 fully saturated rings. The van der Waals surface area contributed by atoms with Gasteiger partial charge in [0.25, 0.3) is 5.91 Å². The molecule has 376 valence electrons. The summed E-state index contributed by atoms with van der Waals surface area (Å²) in [5.74, 6) is -8.84. The number of thioether (sulfide) groups is 2. The Balaban J connectivity index is 1.20. The highest BCUT2D eigenvalue weighted by Crippen LogP contribution is 2.40. The zero-order valence-electron chi connectivity index (χ0n) is 38.1. The van der Waals surface area contributed by atoms with E-state index in [0.717, 1.165) is 16.7 Å². The number of aliphatic carboxylic acids is 2. The second kappa shape index (κ2) is 21.8. The summed E-state index contributed by atoms with van der Waals surface area (Å²) in [7, 11) is 0. The molecule has 22 nitrogen and oxygen atoms in total. The summed E-state index contributed by atoms with van der Waals surface area (Å²) in [6, 6.07) is 11.2. The summed E-state index contributed by atoms with van der Waals surface area (Å²) in [5, 5.41) is 73.7. The second-order valence-electron chi connectivity index (χ2n) is 16.8. The van der Waals surface area contributed by atoms with Gasteiger partial charge in [0.2, 0.25) is 29.5 Å². The van der Waals surface area contributed by atoms with Crippen LogP contribution in [0, 0.1) is 0 Å². The monoisotopic (exact) mass is 1020 g/mol. The van der Waals surface area contributed by atoms with Crippen molar-refractivity contribution < 1.29 is 69.0 Å². The molecule has 8 atom stereocenters. The highest BCUT2D eigenvalue weighted by Gasteiger charge is 2.54. The van der Waals surface area contributed by atoms with E-state index < -0.39 is 94.4 Å². The van der Waals surface area contributed by atoms with E-state index in [0.29, 0.717) is 11.1 Å². The van der Waals surface area contributed by atoms with Gasteiger partial charge < -0.3 is 68.3 Å². The fourth-order valence-corrected chi connectivity index (χ4v) is 10.4. The molecule has 7 rings (SSSR count). The van der Waals surface area contributed by atoms with Crippen molar-refractivity contribution in [2.24, 2.45) is 5.73 Å². The van der Waals surface area contributed by atoms with Crippen molar-refractivity contribution in [1.82, 2.24) is 36.8 Å². The minimum absolute atomic E-state index is 0.0315. The Hall–Kier alpha value is -8.22. The van der Waals surface area contributed by atoms with Gasteiger partial charge in [-0.25, -0.2) is 9.59 Å². The van der Waals surface area contributed by atoms with Crippen LogP contribution in [0.25, 0.3) is 0 Å². The number of carboxylic acids is 2. The number of β-lactam (4-membered cyclic amide) rings is 1. The molecule has 1 saturated heterocycles. The number of carbonyl (C=O) groups excluding carboxylic acids is 6. The lowest BCUT2D eigenvalue weighted by Crippen LogP contribution is -2.71. The molecule has 0 spiro atoms. The van der Waals surface area contributed by atoms with Gasteiger partial charge in [0.05, 0.1) is 0 Å². The van der Waals surface area contributed by atoms with Crippen molar-refractivity contribution in [3.63, 3.8) is 0 Å². The normalized spacial score (nSPS) is 19.4. The molecule has 4 aromatic carbocycles. The number of phenolic OH excluding ortho intramolecular Hbond substituents is 4. The Morgan fingerprint density at radius 1 is 0.569 bits per heavy atom. The Morgan fingerprint density at radius 3 is 1.46 bits per heavy atom. The van der Waals surface area contributed by atoms with E-state index >= 15 is 0 Å². The number of phenols is 4. The molecular weight excluding hydrogens is 977 g/mol. The van der Waals surface area contributed by atoms with E-state index in [9.17, 15) is 69.0 Å². The summed E-state index contributed by atoms with van der Waals surface area (Å²) in [4.78, 5) is 111. The highest BCUT2D eigenvalue weighted by molar-refractivity contribution is 8.00. The topological polar surface area (TPSA) is 359 Å². The van der Waals surface area contributed by atoms with Crippen molar-refractivity contribution in [1.29, 1.82) is 0 Å². The minimum atomic E-state index is -1.77. The zero-order valence-corrected chi connectivity index (χ0v) is 39.7. The largest absolute Gasteiger partial charge is 0.508 e. The number of rotatable bonds is 17. The van der Waals surface area contributed by atoms with Gasteiger partial charge in [0.15, 0.2) is 0 Å². The predicted molar refractivity (Wildman–Crippen MR) is 259 cm³/mol. The van der Waals surface area contributed by atoms with E-state index in [4.69, 9.17) is 5.73 Å². The number of benzene rings is 4. The minimum Gasteiger partial charge on any atom is -0.508 e. The lowest BCUT2D eigenvalue weighted by Gasteiger charge is -2.49. The summed E-state index contributed by atoms with van der Waals surface area (Å²) in [5.41, 5.74) is 7.10. The average Bonchev–Trinajstić information content (AvgIpc) is 3.35. The van der Waals surface area contributed by atoms with Crippen molar-refractivity contribution in [2.75, 3.05) is 11.5 Å². The first-order chi connectivity index (χ1) is 34.2. The van der Waals surface area contributed by atoms with E-state index in [-0.39, 0.29) is 68.2 Å². The van der Waals surface area contributed by atoms with E-state index in [2.05, 4.69) is 31.9 Å². The number of hydrogen-bond acceptors (Lipinski definition) is 16. The molecule has 0 radical (unpaired) electrons. The first kappa shape index (κ1) is 51.6. The number of fused-ring (bicyclic) bond motifs is 1. The number of aromatic hydroxyl groups is 4. The van der Waals surface area contributed by atoms with Gasteiger partial charge in [-0.1, -0.05) is 48.5 Å². The first-order valence-electron chi connectivity index (χ1n) is 21.8. The van der Waals surface area contributed by atoms with Gasteiger partial charge in [-0.05, 0) is 95.8 Å². The van der Waals surface area contributed by atoms with Crippen LogP contribution in [0.1, 0.15) is 60.3 Å².